The average Bonchev–Trinajstić information content (AvgIpc) is 3.40. The minimum absolute atomic E-state index is 0.264. The Bertz CT molecular complexity index is 1320. The molecule has 2 N–H and O–H groups in total. The lowest BCUT2D eigenvalue weighted by Crippen LogP contribution is -2.33. The number of nitrogens with zero attached hydrogens (tertiary/aromatic N) is 4. The van der Waals surface area contributed by atoms with Crippen LogP contribution in [0.15, 0.2) is 48.9 Å². The number of pyridine rings is 1. The van der Waals surface area contributed by atoms with E-state index in [0.717, 1.165) is 22.1 Å². The average molecular weight is 484 g/mol. The van der Waals surface area contributed by atoms with Crippen LogP contribution in [0.4, 0.5) is 5.82 Å². The standard InChI is InChI=1S/C24H26ClN5O4/c1-24(2,31)34-19-11-16(33-23(19)30-9-8-17-21(25)27-13-28-22(17)30)12-32-15-6-4-14-5-7-20(26-3)29-18(14)10-15/h4-10,13,16,19,23,31H,11-12H2,1-3H3,(H,26,29). The molecule has 4 heterocycles. The number of hydrogen-bond acceptors (Lipinski definition) is 8. The molecule has 0 amide bonds. The van der Waals surface area contributed by atoms with Gasteiger partial charge in [-0.05, 0) is 44.2 Å². The first-order valence-corrected chi connectivity index (χ1v) is 11.4. The van der Waals surface area contributed by atoms with E-state index in [1.165, 1.54) is 6.33 Å². The van der Waals surface area contributed by atoms with Gasteiger partial charge in [-0.25, -0.2) is 15.0 Å². The molecule has 10 heteroatoms. The molecular formula is C24H26ClN5O4. The van der Waals surface area contributed by atoms with E-state index < -0.39 is 18.1 Å². The van der Waals surface area contributed by atoms with Crippen molar-refractivity contribution in [1.29, 1.82) is 0 Å². The third kappa shape index (κ3) is 4.65. The van der Waals surface area contributed by atoms with Crippen LogP contribution < -0.4 is 10.1 Å². The summed E-state index contributed by atoms with van der Waals surface area (Å²) in [4.78, 5) is 13.0. The largest absolute Gasteiger partial charge is 0.491 e. The van der Waals surface area contributed by atoms with Crippen molar-refractivity contribution in [2.75, 3.05) is 19.0 Å². The summed E-state index contributed by atoms with van der Waals surface area (Å²) in [5.74, 6) is 0.166. The predicted octanol–water partition coefficient (Wildman–Crippen LogP) is 4.15. The van der Waals surface area contributed by atoms with Crippen LogP contribution in [0.3, 0.4) is 0 Å². The van der Waals surface area contributed by atoms with Crippen molar-refractivity contribution in [3.8, 4) is 5.75 Å². The van der Waals surface area contributed by atoms with E-state index in [-0.39, 0.29) is 6.10 Å². The quantitative estimate of drug-likeness (QED) is 0.298. The summed E-state index contributed by atoms with van der Waals surface area (Å²) in [5.41, 5.74) is 1.48. The van der Waals surface area contributed by atoms with Crippen LogP contribution in [0, 0.1) is 0 Å². The van der Waals surface area contributed by atoms with Gasteiger partial charge in [0, 0.05) is 31.1 Å². The molecule has 1 fully saturated rings. The number of ether oxygens (including phenoxy) is 3. The first kappa shape index (κ1) is 22.8. The van der Waals surface area contributed by atoms with E-state index in [2.05, 4.69) is 20.3 Å². The van der Waals surface area contributed by atoms with Crippen molar-refractivity contribution in [2.24, 2.45) is 0 Å². The number of aliphatic hydroxyl groups is 1. The summed E-state index contributed by atoms with van der Waals surface area (Å²) in [6.45, 7) is 3.51. The molecule has 0 aliphatic carbocycles. The molecule has 1 saturated heterocycles. The Hall–Kier alpha value is -2.98. The fourth-order valence-corrected chi connectivity index (χ4v) is 4.40. The predicted molar refractivity (Wildman–Crippen MR) is 129 cm³/mol. The molecule has 3 atom stereocenters. The highest BCUT2D eigenvalue weighted by Crippen LogP contribution is 2.36. The molecule has 0 radical (unpaired) electrons. The van der Waals surface area contributed by atoms with Gasteiger partial charge in [0.25, 0.3) is 0 Å². The Morgan fingerprint density at radius 2 is 2.06 bits per heavy atom. The van der Waals surface area contributed by atoms with Crippen molar-refractivity contribution < 1.29 is 19.3 Å². The van der Waals surface area contributed by atoms with Gasteiger partial charge >= 0.3 is 0 Å². The van der Waals surface area contributed by atoms with Crippen LogP contribution >= 0.6 is 11.6 Å². The Balaban J connectivity index is 1.35. The Kier molecular flexibility index (Phi) is 6.03. The molecule has 3 unspecified atom stereocenters. The number of halogens is 1. The normalized spacial score (nSPS) is 20.8. The van der Waals surface area contributed by atoms with Crippen molar-refractivity contribution in [3.05, 3.63) is 54.1 Å². The molecule has 178 valence electrons. The lowest BCUT2D eigenvalue weighted by molar-refractivity contribution is -0.222. The SMILES string of the molecule is CNc1ccc2ccc(OCC3CC(OC(C)(C)O)C(n4ccc5c(Cl)ncnc54)O3)cc2n1. The number of benzene rings is 1. The highest BCUT2D eigenvalue weighted by Gasteiger charge is 2.41. The summed E-state index contributed by atoms with van der Waals surface area (Å²) in [5, 5.41) is 15.5. The van der Waals surface area contributed by atoms with E-state index >= 15 is 0 Å². The Labute approximate surface area is 201 Å². The van der Waals surface area contributed by atoms with Gasteiger partial charge in [-0.15, -0.1) is 0 Å². The maximum atomic E-state index is 10.3. The highest BCUT2D eigenvalue weighted by atomic mass is 35.5. The second-order valence-corrected chi connectivity index (χ2v) is 9.08. The zero-order valence-electron chi connectivity index (χ0n) is 19.1. The van der Waals surface area contributed by atoms with Gasteiger partial charge in [0.1, 0.15) is 41.4 Å². The van der Waals surface area contributed by atoms with Crippen LogP contribution in [0.1, 0.15) is 26.5 Å². The second kappa shape index (κ2) is 8.99. The molecule has 0 saturated carbocycles. The molecule has 9 nitrogen and oxygen atoms in total. The molecule has 4 aromatic rings. The Morgan fingerprint density at radius 1 is 1.24 bits per heavy atom. The van der Waals surface area contributed by atoms with Gasteiger partial charge in [0.05, 0.1) is 17.0 Å². The van der Waals surface area contributed by atoms with Gasteiger partial charge in [-0.2, -0.15) is 0 Å². The van der Waals surface area contributed by atoms with E-state index in [1.54, 1.807) is 13.8 Å². The lowest BCUT2D eigenvalue weighted by atomic mass is 10.2. The minimum Gasteiger partial charge on any atom is -0.491 e. The third-order valence-electron chi connectivity index (χ3n) is 5.68. The van der Waals surface area contributed by atoms with Gasteiger partial charge in [-0.3, -0.25) is 0 Å². The number of anilines is 1. The molecule has 0 spiro atoms. The molecule has 3 aromatic heterocycles. The van der Waals surface area contributed by atoms with E-state index in [0.29, 0.717) is 29.6 Å². The van der Waals surface area contributed by atoms with Crippen LogP contribution in [0.25, 0.3) is 21.9 Å². The molecular weight excluding hydrogens is 458 g/mol. The van der Waals surface area contributed by atoms with Gasteiger partial charge in [0.2, 0.25) is 0 Å². The number of rotatable bonds is 7. The maximum absolute atomic E-state index is 10.3. The lowest BCUT2D eigenvalue weighted by Gasteiger charge is -2.27. The number of fused-ring (bicyclic) bond motifs is 2. The summed E-state index contributed by atoms with van der Waals surface area (Å²) in [7, 11) is 1.84. The molecule has 34 heavy (non-hydrogen) atoms. The van der Waals surface area contributed by atoms with Crippen molar-refractivity contribution in [2.45, 2.75) is 44.5 Å². The number of nitrogens with one attached hydrogen (secondary N) is 1. The number of aromatic nitrogens is 4. The Morgan fingerprint density at radius 3 is 2.85 bits per heavy atom. The fourth-order valence-electron chi connectivity index (χ4n) is 4.21. The molecule has 1 aliphatic rings. The van der Waals surface area contributed by atoms with Crippen molar-refractivity contribution in [3.63, 3.8) is 0 Å². The molecule has 1 aliphatic heterocycles. The van der Waals surface area contributed by atoms with Gasteiger partial charge in [-0.1, -0.05) is 11.6 Å². The van der Waals surface area contributed by atoms with Crippen molar-refractivity contribution >= 4 is 39.4 Å². The summed E-state index contributed by atoms with van der Waals surface area (Å²) < 4.78 is 20.2. The monoisotopic (exact) mass is 483 g/mol. The van der Waals surface area contributed by atoms with E-state index in [4.69, 9.17) is 25.8 Å². The smallest absolute Gasteiger partial charge is 0.162 e. The van der Waals surface area contributed by atoms with E-state index in [9.17, 15) is 5.11 Å². The second-order valence-electron chi connectivity index (χ2n) is 8.72. The minimum atomic E-state index is -1.33. The third-order valence-corrected chi connectivity index (χ3v) is 5.98. The van der Waals surface area contributed by atoms with Gasteiger partial charge < -0.3 is 29.2 Å². The zero-order valence-corrected chi connectivity index (χ0v) is 19.9. The summed E-state index contributed by atoms with van der Waals surface area (Å²) >= 11 is 6.22. The van der Waals surface area contributed by atoms with Crippen molar-refractivity contribution in [1.82, 2.24) is 19.5 Å². The van der Waals surface area contributed by atoms with Crippen LogP contribution in [-0.4, -0.2) is 56.3 Å². The summed E-state index contributed by atoms with van der Waals surface area (Å²) in [6.07, 6.45) is 2.58. The van der Waals surface area contributed by atoms with Crippen LogP contribution in [-0.2, 0) is 9.47 Å². The van der Waals surface area contributed by atoms with Gasteiger partial charge in [0.15, 0.2) is 12.0 Å². The first-order chi connectivity index (χ1) is 16.3. The summed E-state index contributed by atoms with van der Waals surface area (Å²) in [6, 6.07) is 11.6. The molecule has 1 aromatic carbocycles. The fraction of sp³-hybridized carbons (Fsp3) is 0.375. The highest BCUT2D eigenvalue weighted by molar-refractivity contribution is 6.33. The van der Waals surface area contributed by atoms with Crippen LogP contribution in [0.5, 0.6) is 5.75 Å². The van der Waals surface area contributed by atoms with Crippen LogP contribution in [0.2, 0.25) is 5.15 Å². The topological polar surface area (TPSA) is 104 Å². The first-order valence-electron chi connectivity index (χ1n) is 11.0. The zero-order chi connectivity index (χ0) is 23.9. The number of hydrogen-bond donors (Lipinski definition) is 2. The van der Waals surface area contributed by atoms with E-state index in [1.807, 2.05) is 54.2 Å². The molecule has 0 bridgehead atoms. The maximum Gasteiger partial charge on any atom is 0.162 e. The molecule has 5 rings (SSSR count).